The van der Waals surface area contributed by atoms with Gasteiger partial charge >= 0.3 is 0 Å². The van der Waals surface area contributed by atoms with Crippen molar-refractivity contribution in [1.29, 1.82) is 0 Å². The van der Waals surface area contributed by atoms with Gasteiger partial charge in [0.1, 0.15) is 0 Å². The van der Waals surface area contributed by atoms with Gasteiger partial charge in [0.25, 0.3) is 0 Å². The Bertz CT molecular complexity index is 50.5. The van der Waals surface area contributed by atoms with Crippen molar-refractivity contribution in [3.8, 4) is 0 Å². The number of hydrogen-bond donors (Lipinski definition) is 0. The van der Waals surface area contributed by atoms with Gasteiger partial charge in [-0.2, -0.15) is 0 Å². The summed E-state index contributed by atoms with van der Waals surface area (Å²) in [5.74, 6) is 0. The number of hydrogen-bond acceptors (Lipinski definition) is 1. The molecule has 0 saturated heterocycles. The normalized spacial score (nSPS) is 10.7. The first kappa shape index (κ1) is 8.96. The van der Waals surface area contributed by atoms with Gasteiger partial charge in [-0.05, 0) is 20.3 Å². The highest BCUT2D eigenvalue weighted by molar-refractivity contribution is 4.43. The highest BCUT2D eigenvalue weighted by Gasteiger charge is 1.90. The molecule has 0 amide bonds. The van der Waals surface area contributed by atoms with Crippen molar-refractivity contribution in [3.63, 3.8) is 0 Å². The predicted molar refractivity (Wildman–Crippen MR) is 40.3 cm³/mol. The number of rotatable bonds is 5. The average molecular weight is 129 g/mol. The lowest BCUT2D eigenvalue weighted by atomic mass is 10.3. The van der Waals surface area contributed by atoms with Crippen LogP contribution < -0.4 is 0 Å². The maximum Gasteiger partial charge on any atom is 0.0518 e. The Morgan fingerprint density at radius 2 is 2.00 bits per heavy atom. The van der Waals surface area contributed by atoms with Crippen LogP contribution in [0.4, 0.5) is 0 Å². The molecule has 55 valence electrons. The largest absolute Gasteiger partial charge is 0.379 e. The van der Waals surface area contributed by atoms with Crippen LogP contribution in [0.1, 0.15) is 33.1 Å². The summed E-state index contributed by atoms with van der Waals surface area (Å²) < 4.78 is 5.32. The molecule has 0 atom stereocenters. The van der Waals surface area contributed by atoms with Gasteiger partial charge in [0.2, 0.25) is 0 Å². The maximum absolute atomic E-state index is 5.32. The lowest BCUT2D eigenvalue weighted by Gasteiger charge is -2.05. The Hall–Kier alpha value is -0.0400. The molecule has 1 heteroatoms. The zero-order chi connectivity index (χ0) is 7.11. The summed E-state index contributed by atoms with van der Waals surface area (Å²) in [6.45, 7) is 8.76. The smallest absolute Gasteiger partial charge is 0.0518 e. The average Bonchev–Trinajstić information content (AvgIpc) is 1.80. The Labute approximate surface area is 58.4 Å². The Morgan fingerprint density at radius 1 is 1.33 bits per heavy atom. The van der Waals surface area contributed by atoms with Crippen LogP contribution in [0.3, 0.4) is 0 Å². The van der Waals surface area contributed by atoms with E-state index in [4.69, 9.17) is 4.74 Å². The molecule has 0 aromatic rings. The van der Waals surface area contributed by atoms with E-state index in [1.54, 1.807) is 0 Å². The van der Waals surface area contributed by atoms with Crippen molar-refractivity contribution < 1.29 is 4.74 Å². The molecule has 0 aliphatic heterocycles. The molecule has 0 unspecified atom stereocenters. The minimum atomic E-state index is 0.384. The Kier molecular flexibility index (Phi) is 6.06. The third-order valence-electron chi connectivity index (χ3n) is 1.10. The van der Waals surface area contributed by atoms with E-state index in [0.29, 0.717) is 6.10 Å². The van der Waals surface area contributed by atoms with Crippen molar-refractivity contribution in [2.75, 3.05) is 6.61 Å². The van der Waals surface area contributed by atoms with Crippen LogP contribution in [0.5, 0.6) is 0 Å². The van der Waals surface area contributed by atoms with Crippen LogP contribution in [-0.2, 0) is 4.74 Å². The minimum absolute atomic E-state index is 0.384. The van der Waals surface area contributed by atoms with Crippen LogP contribution in [0.25, 0.3) is 0 Å². The second-order valence-electron chi connectivity index (χ2n) is 2.48. The van der Waals surface area contributed by atoms with Crippen LogP contribution in [-0.4, -0.2) is 12.7 Å². The third kappa shape index (κ3) is 7.96. The SMILES string of the molecule is [CH2]CCCCOC(C)C. The first-order chi connectivity index (χ1) is 4.27. The molecule has 0 rings (SSSR count). The molecule has 0 aliphatic rings. The Morgan fingerprint density at radius 3 is 2.44 bits per heavy atom. The van der Waals surface area contributed by atoms with Crippen LogP contribution in [0.2, 0.25) is 0 Å². The summed E-state index contributed by atoms with van der Waals surface area (Å²) in [6, 6.07) is 0. The first-order valence-corrected chi connectivity index (χ1v) is 3.68. The standard InChI is InChI=1S/C8H17O/c1-4-5-6-7-9-8(2)3/h8H,1,4-7H2,2-3H3. The highest BCUT2D eigenvalue weighted by Crippen LogP contribution is 1.96. The lowest BCUT2D eigenvalue weighted by Crippen LogP contribution is -2.03. The van der Waals surface area contributed by atoms with Crippen LogP contribution >= 0.6 is 0 Å². The fraction of sp³-hybridized carbons (Fsp3) is 0.875. The zero-order valence-electron chi connectivity index (χ0n) is 6.52. The molecule has 9 heavy (non-hydrogen) atoms. The minimum Gasteiger partial charge on any atom is -0.379 e. The van der Waals surface area contributed by atoms with Gasteiger partial charge < -0.3 is 4.74 Å². The third-order valence-corrected chi connectivity index (χ3v) is 1.10. The molecule has 0 bridgehead atoms. The molecule has 0 aliphatic carbocycles. The number of unbranched alkanes of at least 4 members (excludes halogenated alkanes) is 2. The molecule has 0 heterocycles. The molecule has 0 aromatic heterocycles. The van der Waals surface area contributed by atoms with Gasteiger partial charge in [-0.15, -0.1) is 0 Å². The molecular formula is C8H17O. The maximum atomic E-state index is 5.32. The van der Waals surface area contributed by atoms with Gasteiger partial charge in [-0.3, -0.25) is 0 Å². The van der Waals surface area contributed by atoms with Crippen molar-refractivity contribution in [2.24, 2.45) is 0 Å². The first-order valence-electron chi connectivity index (χ1n) is 3.68. The second kappa shape index (κ2) is 6.09. The summed E-state index contributed by atoms with van der Waals surface area (Å²) in [4.78, 5) is 0. The molecular weight excluding hydrogens is 112 g/mol. The van der Waals surface area contributed by atoms with E-state index in [1.807, 2.05) is 0 Å². The van der Waals surface area contributed by atoms with Crippen LogP contribution in [0, 0.1) is 6.92 Å². The fourth-order valence-corrected chi connectivity index (χ4v) is 0.598. The van der Waals surface area contributed by atoms with Crippen molar-refractivity contribution in [2.45, 2.75) is 39.2 Å². The lowest BCUT2D eigenvalue weighted by molar-refractivity contribution is 0.0761. The molecule has 0 N–H and O–H groups in total. The van der Waals surface area contributed by atoms with Crippen molar-refractivity contribution in [3.05, 3.63) is 6.92 Å². The summed E-state index contributed by atoms with van der Waals surface area (Å²) in [6.07, 6.45) is 3.75. The summed E-state index contributed by atoms with van der Waals surface area (Å²) >= 11 is 0. The summed E-state index contributed by atoms with van der Waals surface area (Å²) in [5, 5.41) is 0. The highest BCUT2D eigenvalue weighted by atomic mass is 16.5. The molecule has 0 saturated carbocycles. The topological polar surface area (TPSA) is 9.23 Å². The molecule has 1 radical (unpaired) electrons. The van der Waals surface area contributed by atoms with Gasteiger partial charge in [0.15, 0.2) is 0 Å². The van der Waals surface area contributed by atoms with E-state index in [0.717, 1.165) is 19.4 Å². The van der Waals surface area contributed by atoms with Gasteiger partial charge in [0.05, 0.1) is 6.10 Å². The van der Waals surface area contributed by atoms with Crippen LogP contribution in [0.15, 0.2) is 0 Å². The Balaban J connectivity index is 2.75. The second-order valence-corrected chi connectivity index (χ2v) is 2.48. The summed E-state index contributed by atoms with van der Waals surface area (Å²) in [7, 11) is 0. The molecule has 1 nitrogen and oxygen atoms in total. The predicted octanol–water partition coefficient (Wildman–Crippen LogP) is 2.42. The van der Waals surface area contributed by atoms with Crippen molar-refractivity contribution in [1.82, 2.24) is 0 Å². The van der Waals surface area contributed by atoms with E-state index in [1.165, 1.54) is 6.42 Å². The monoisotopic (exact) mass is 129 g/mol. The number of ether oxygens (including phenoxy) is 1. The van der Waals surface area contributed by atoms with Gasteiger partial charge in [-0.1, -0.05) is 19.8 Å². The summed E-state index contributed by atoms with van der Waals surface area (Å²) in [5.41, 5.74) is 0. The van der Waals surface area contributed by atoms with Gasteiger partial charge in [-0.25, -0.2) is 0 Å². The van der Waals surface area contributed by atoms with E-state index in [9.17, 15) is 0 Å². The van der Waals surface area contributed by atoms with Crippen molar-refractivity contribution >= 4 is 0 Å². The van der Waals surface area contributed by atoms with E-state index >= 15 is 0 Å². The molecule has 0 aromatic carbocycles. The quantitative estimate of drug-likeness (QED) is 0.518. The van der Waals surface area contributed by atoms with E-state index in [-0.39, 0.29) is 0 Å². The molecule has 0 fully saturated rings. The fourth-order valence-electron chi connectivity index (χ4n) is 0.598. The van der Waals surface area contributed by atoms with E-state index in [2.05, 4.69) is 20.8 Å². The molecule has 0 spiro atoms. The zero-order valence-corrected chi connectivity index (χ0v) is 6.52. The van der Waals surface area contributed by atoms with Gasteiger partial charge in [0, 0.05) is 6.61 Å². The van der Waals surface area contributed by atoms with E-state index < -0.39 is 0 Å².